The van der Waals surface area contributed by atoms with Crippen LogP contribution in [0.3, 0.4) is 0 Å². The zero-order valence-corrected chi connectivity index (χ0v) is 12.5. The summed E-state index contributed by atoms with van der Waals surface area (Å²) in [4.78, 5) is 7.98. The lowest BCUT2D eigenvalue weighted by Crippen LogP contribution is -2.11. The Morgan fingerprint density at radius 3 is 2.90 bits per heavy atom. The van der Waals surface area contributed by atoms with Crippen molar-refractivity contribution in [3.63, 3.8) is 0 Å². The average Bonchev–Trinajstić information content (AvgIpc) is 2.79. The number of nitrogens with one attached hydrogen (secondary N) is 1. The van der Waals surface area contributed by atoms with Gasteiger partial charge < -0.3 is 11.1 Å². The van der Waals surface area contributed by atoms with Crippen LogP contribution >= 0.6 is 11.5 Å². The third-order valence-electron chi connectivity index (χ3n) is 2.53. The maximum absolute atomic E-state index is 12.2. The van der Waals surface area contributed by atoms with Crippen LogP contribution in [0.2, 0.25) is 0 Å². The van der Waals surface area contributed by atoms with Crippen molar-refractivity contribution in [2.24, 2.45) is 0 Å². The van der Waals surface area contributed by atoms with E-state index in [9.17, 15) is 8.42 Å². The smallest absolute Gasteiger partial charge is 0.185 e. The lowest BCUT2D eigenvalue weighted by Gasteiger charge is -2.07. The number of nitrogens with two attached hydrogens (primary N) is 1. The van der Waals surface area contributed by atoms with E-state index in [0.717, 1.165) is 17.2 Å². The van der Waals surface area contributed by atoms with Crippen molar-refractivity contribution >= 4 is 32.2 Å². The van der Waals surface area contributed by atoms with Crippen LogP contribution in [0.4, 0.5) is 10.8 Å². The van der Waals surface area contributed by atoms with Gasteiger partial charge in [-0.15, -0.1) is 0 Å². The van der Waals surface area contributed by atoms with E-state index in [0.29, 0.717) is 18.0 Å². The standard InChI is InChI=1S/C11H15N5O2S2/c1-2-5-20(17,18)9-10(12)16-19-11(9)14-6-8-3-4-13-7-15-8/h3-4,7,14H,2,5-6H2,1H3,(H2,12,16). The molecular formula is C11H15N5O2S2. The topological polar surface area (TPSA) is 111 Å². The van der Waals surface area contributed by atoms with Crippen molar-refractivity contribution in [1.82, 2.24) is 14.3 Å². The van der Waals surface area contributed by atoms with Crippen LogP contribution < -0.4 is 11.1 Å². The minimum absolute atomic E-state index is 0.0497. The van der Waals surface area contributed by atoms with Crippen LogP contribution in [0.15, 0.2) is 23.5 Å². The monoisotopic (exact) mass is 313 g/mol. The first-order valence-electron chi connectivity index (χ1n) is 6.01. The number of anilines is 2. The molecule has 0 saturated carbocycles. The average molecular weight is 313 g/mol. The molecule has 2 rings (SSSR count). The molecular weight excluding hydrogens is 298 g/mol. The van der Waals surface area contributed by atoms with Gasteiger partial charge in [0.15, 0.2) is 15.7 Å². The van der Waals surface area contributed by atoms with E-state index in [-0.39, 0.29) is 16.5 Å². The Kier molecular flexibility index (Phi) is 4.50. The molecule has 20 heavy (non-hydrogen) atoms. The second kappa shape index (κ2) is 6.14. The highest BCUT2D eigenvalue weighted by atomic mass is 32.2. The number of hydrogen-bond acceptors (Lipinski definition) is 8. The van der Waals surface area contributed by atoms with Gasteiger partial charge in [0, 0.05) is 6.20 Å². The molecule has 0 atom stereocenters. The molecule has 0 bridgehead atoms. The molecule has 0 fully saturated rings. The normalized spacial score (nSPS) is 11.4. The van der Waals surface area contributed by atoms with Crippen molar-refractivity contribution in [3.8, 4) is 0 Å². The van der Waals surface area contributed by atoms with E-state index in [4.69, 9.17) is 5.73 Å². The summed E-state index contributed by atoms with van der Waals surface area (Å²) in [6.45, 7) is 2.19. The van der Waals surface area contributed by atoms with Crippen molar-refractivity contribution in [2.45, 2.75) is 24.8 Å². The molecule has 0 saturated heterocycles. The molecule has 2 heterocycles. The molecule has 0 aliphatic heterocycles. The molecule has 9 heteroatoms. The summed E-state index contributed by atoms with van der Waals surface area (Å²) in [5, 5.41) is 3.47. The number of rotatable bonds is 6. The van der Waals surface area contributed by atoms with Crippen LogP contribution in [0.25, 0.3) is 0 Å². The molecule has 0 spiro atoms. The lowest BCUT2D eigenvalue weighted by molar-refractivity contribution is 0.595. The summed E-state index contributed by atoms with van der Waals surface area (Å²) in [6.07, 6.45) is 3.59. The van der Waals surface area contributed by atoms with Gasteiger partial charge in [0.1, 0.15) is 16.2 Å². The lowest BCUT2D eigenvalue weighted by atomic mass is 10.4. The maximum Gasteiger partial charge on any atom is 0.185 e. The van der Waals surface area contributed by atoms with Crippen molar-refractivity contribution in [1.29, 1.82) is 0 Å². The number of hydrogen-bond donors (Lipinski definition) is 2. The van der Waals surface area contributed by atoms with Crippen LogP contribution in [0.1, 0.15) is 19.0 Å². The van der Waals surface area contributed by atoms with Crippen LogP contribution in [-0.2, 0) is 16.4 Å². The first-order valence-corrected chi connectivity index (χ1v) is 8.44. The summed E-state index contributed by atoms with van der Waals surface area (Å²) in [7, 11) is -3.41. The Morgan fingerprint density at radius 1 is 1.45 bits per heavy atom. The second-order valence-electron chi connectivity index (χ2n) is 4.10. The predicted molar refractivity (Wildman–Crippen MR) is 78.2 cm³/mol. The fourth-order valence-corrected chi connectivity index (χ4v) is 4.29. The molecule has 7 nitrogen and oxygen atoms in total. The van der Waals surface area contributed by atoms with Crippen molar-refractivity contribution in [3.05, 3.63) is 24.3 Å². The van der Waals surface area contributed by atoms with Crippen LogP contribution in [-0.4, -0.2) is 28.5 Å². The molecule has 0 radical (unpaired) electrons. The number of nitrogens with zero attached hydrogens (tertiary/aromatic N) is 3. The van der Waals surface area contributed by atoms with E-state index >= 15 is 0 Å². The first-order chi connectivity index (χ1) is 9.54. The van der Waals surface area contributed by atoms with E-state index < -0.39 is 9.84 Å². The molecule has 2 aromatic rings. The summed E-state index contributed by atoms with van der Waals surface area (Å²) in [6, 6.07) is 1.75. The van der Waals surface area contributed by atoms with Crippen LogP contribution in [0, 0.1) is 0 Å². The molecule has 0 aromatic carbocycles. The van der Waals surface area contributed by atoms with Gasteiger partial charge in [0.25, 0.3) is 0 Å². The Labute approximate surface area is 121 Å². The Balaban J connectivity index is 2.22. The summed E-state index contributed by atoms with van der Waals surface area (Å²) in [5.41, 5.74) is 6.44. The highest BCUT2D eigenvalue weighted by Crippen LogP contribution is 2.32. The second-order valence-corrected chi connectivity index (χ2v) is 6.92. The van der Waals surface area contributed by atoms with Crippen LogP contribution in [0.5, 0.6) is 0 Å². The fourth-order valence-electron chi connectivity index (χ4n) is 1.67. The molecule has 0 aliphatic rings. The molecule has 2 aromatic heterocycles. The highest BCUT2D eigenvalue weighted by Gasteiger charge is 2.24. The maximum atomic E-state index is 12.2. The van der Waals surface area contributed by atoms with Gasteiger partial charge in [-0.25, -0.2) is 18.4 Å². The van der Waals surface area contributed by atoms with E-state index in [1.54, 1.807) is 12.3 Å². The molecule has 3 N–H and O–H groups in total. The minimum Gasteiger partial charge on any atom is -0.382 e. The van der Waals surface area contributed by atoms with Gasteiger partial charge in [-0.3, -0.25) is 0 Å². The van der Waals surface area contributed by atoms with Gasteiger partial charge in [-0.1, -0.05) is 6.92 Å². The SMILES string of the molecule is CCCS(=O)(=O)c1c(N)nsc1NCc1ccncn1. The third-order valence-corrected chi connectivity index (χ3v) is 5.46. The largest absolute Gasteiger partial charge is 0.382 e. The molecule has 0 amide bonds. The quantitative estimate of drug-likeness (QED) is 0.827. The number of aromatic nitrogens is 3. The number of sulfone groups is 1. The minimum atomic E-state index is -3.41. The Hall–Kier alpha value is -1.74. The van der Waals surface area contributed by atoms with E-state index in [1.165, 1.54) is 6.33 Å². The van der Waals surface area contributed by atoms with Gasteiger partial charge >= 0.3 is 0 Å². The Morgan fingerprint density at radius 2 is 2.25 bits per heavy atom. The summed E-state index contributed by atoms with van der Waals surface area (Å²) in [5.74, 6) is 0.103. The van der Waals surface area contributed by atoms with Gasteiger partial charge in [-0.2, -0.15) is 4.37 Å². The van der Waals surface area contributed by atoms with Gasteiger partial charge in [0.05, 0.1) is 18.0 Å². The van der Waals surface area contributed by atoms with Gasteiger partial charge in [-0.05, 0) is 24.0 Å². The fraction of sp³-hybridized carbons (Fsp3) is 0.364. The van der Waals surface area contributed by atoms with Crippen molar-refractivity contribution < 1.29 is 8.42 Å². The van der Waals surface area contributed by atoms with Gasteiger partial charge in [0.2, 0.25) is 0 Å². The molecule has 0 unspecified atom stereocenters. The molecule has 0 aliphatic carbocycles. The third kappa shape index (κ3) is 3.23. The zero-order chi connectivity index (χ0) is 14.6. The summed E-state index contributed by atoms with van der Waals surface area (Å²) < 4.78 is 28.3. The highest BCUT2D eigenvalue weighted by molar-refractivity contribution is 7.91. The zero-order valence-electron chi connectivity index (χ0n) is 10.9. The summed E-state index contributed by atoms with van der Waals surface area (Å²) >= 11 is 1.04. The predicted octanol–water partition coefficient (Wildman–Crippen LogP) is 1.31. The van der Waals surface area contributed by atoms with E-state index in [2.05, 4.69) is 19.7 Å². The van der Waals surface area contributed by atoms with Crippen molar-refractivity contribution in [2.75, 3.05) is 16.8 Å². The number of nitrogen functional groups attached to an aromatic ring is 1. The Bertz CT molecular complexity index is 669. The molecule has 108 valence electrons. The van der Waals surface area contributed by atoms with E-state index in [1.807, 2.05) is 6.92 Å². The first kappa shape index (κ1) is 14.7.